The smallest absolute Gasteiger partial charge is 0.0693 e. The molecule has 1 aliphatic rings. The van der Waals surface area contributed by atoms with Gasteiger partial charge < -0.3 is 10.4 Å². The van der Waals surface area contributed by atoms with Crippen LogP contribution in [-0.4, -0.2) is 23.3 Å². The van der Waals surface area contributed by atoms with Crippen LogP contribution in [0.15, 0.2) is 0 Å². The van der Waals surface area contributed by atoms with Crippen molar-refractivity contribution in [2.75, 3.05) is 0 Å². The summed E-state index contributed by atoms with van der Waals surface area (Å²) < 4.78 is 0. The predicted octanol–water partition coefficient (Wildman–Crippen LogP) is 2.31. The molecule has 3 atom stereocenters. The zero-order valence-corrected chi connectivity index (χ0v) is 9.79. The minimum Gasteiger partial charge on any atom is -0.392 e. The Bertz CT molecular complexity index is 158. The number of hydrogen-bond donors (Lipinski definition) is 2. The van der Waals surface area contributed by atoms with Crippen molar-refractivity contribution >= 4 is 0 Å². The van der Waals surface area contributed by atoms with E-state index >= 15 is 0 Å². The summed E-state index contributed by atoms with van der Waals surface area (Å²) >= 11 is 0. The maximum Gasteiger partial charge on any atom is 0.0693 e. The average molecular weight is 199 g/mol. The lowest BCUT2D eigenvalue weighted by molar-refractivity contribution is 0.0844. The molecule has 0 aromatic rings. The van der Waals surface area contributed by atoms with Crippen LogP contribution in [0, 0.1) is 5.92 Å². The molecule has 0 heterocycles. The summed E-state index contributed by atoms with van der Waals surface area (Å²) in [6, 6.07) is 0.880. The summed E-state index contributed by atoms with van der Waals surface area (Å²) in [7, 11) is 0. The zero-order chi connectivity index (χ0) is 10.6. The minimum absolute atomic E-state index is 0.113. The molecule has 1 fully saturated rings. The highest BCUT2D eigenvalue weighted by atomic mass is 16.3. The maximum absolute atomic E-state index is 9.79. The Morgan fingerprint density at radius 1 is 1.21 bits per heavy atom. The van der Waals surface area contributed by atoms with Gasteiger partial charge in [-0.1, -0.05) is 26.7 Å². The highest BCUT2D eigenvalue weighted by Crippen LogP contribution is 2.19. The highest BCUT2D eigenvalue weighted by Gasteiger charge is 2.23. The van der Waals surface area contributed by atoms with Gasteiger partial charge in [0.1, 0.15) is 0 Å². The largest absolute Gasteiger partial charge is 0.392 e. The summed E-state index contributed by atoms with van der Waals surface area (Å²) in [5.41, 5.74) is 0. The van der Waals surface area contributed by atoms with Crippen LogP contribution >= 0.6 is 0 Å². The molecule has 0 aliphatic heterocycles. The second-order valence-electron chi connectivity index (χ2n) is 5.16. The minimum atomic E-state index is -0.113. The first-order valence-corrected chi connectivity index (χ1v) is 6.03. The normalized spacial score (nSPS) is 30.6. The summed E-state index contributed by atoms with van der Waals surface area (Å²) in [6.45, 7) is 6.71. The monoisotopic (exact) mass is 199 g/mol. The van der Waals surface area contributed by atoms with Crippen LogP contribution in [0.3, 0.4) is 0 Å². The first-order chi connectivity index (χ1) is 6.59. The Hall–Kier alpha value is -0.0800. The van der Waals surface area contributed by atoms with Gasteiger partial charge >= 0.3 is 0 Å². The Morgan fingerprint density at radius 3 is 2.43 bits per heavy atom. The number of nitrogens with one attached hydrogen (secondary N) is 1. The van der Waals surface area contributed by atoms with E-state index in [1.165, 1.54) is 19.3 Å². The lowest BCUT2D eigenvalue weighted by Gasteiger charge is -2.31. The second-order valence-corrected chi connectivity index (χ2v) is 5.16. The molecule has 0 spiro atoms. The Kier molecular flexibility index (Phi) is 4.90. The van der Waals surface area contributed by atoms with Gasteiger partial charge in [-0.2, -0.15) is 0 Å². The molecule has 0 bridgehead atoms. The fourth-order valence-electron chi connectivity index (χ4n) is 2.45. The van der Waals surface area contributed by atoms with Gasteiger partial charge in [-0.15, -0.1) is 0 Å². The van der Waals surface area contributed by atoms with Crippen molar-refractivity contribution < 1.29 is 5.11 Å². The molecule has 1 saturated carbocycles. The standard InChI is InChI=1S/C12H25NO/c1-9(2)8-10(3)13-11-6-4-5-7-12(11)14/h9-14H,4-8H2,1-3H3/t10-,11+,12+/m0/s1. The van der Waals surface area contributed by atoms with E-state index in [-0.39, 0.29) is 6.10 Å². The summed E-state index contributed by atoms with van der Waals surface area (Å²) in [6.07, 6.45) is 5.67. The van der Waals surface area contributed by atoms with E-state index in [1.54, 1.807) is 0 Å². The fourth-order valence-corrected chi connectivity index (χ4v) is 2.45. The van der Waals surface area contributed by atoms with Crippen LogP contribution in [-0.2, 0) is 0 Å². The number of aliphatic hydroxyl groups excluding tert-OH is 1. The van der Waals surface area contributed by atoms with Gasteiger partial charge in [0, 0.05) is 12.1 Å². The number of aliphatic hydroxyl groups is 1. The molecule has 0 aromatic heterocycles. The maximum atomic E-state index is 9.79. The molecule has 0 radical (unpaired) electrons. The third kappa shape index (κ3) is 3.97. The van der Waals surface area contributed by atoms with E-state index in [0.717, 1.165) is 18.8 Å². The third-order valence-corrected chi connectivity index (χ3v) is 3.05. The second kappa shape index (κ2) is 5.72. The van der Waals surface area contributed by atoms with Crippen LogP contribution in [0.5, 0.6) is 0 Å². The van der Waals surface area contributed by atoms with E-state index < -0.39 is 0 Å². The van der Waals surface area contributed by atoms with Gasteiger partial charge in [0.15, 0.2) is 0 Å². The summed E-state index contributed by atoms with van der Waals surface area (Å²) in [5.74, 6) is 0.734. The van der Waals surface area contributed by atoms with Crippen molar-refractivity contribution in [3.05, 3.63) is 0 Å². The lowest BCUT2D eigenvalue weighted by atomic mass is 9.91. The van der Waals surface area contributed by atoms with E-state index in [1.807, 2.05) is 0 Å². The van der Waals surface area contributed by atoms with Crippen LogP contribution < -0.4 is 5.32 Å². The molecule has 0 saturated heterocycles. The Balaban J connectivity index is 2.27. The lowest BCUT2D eigenvalue weighted by Crippen LogP contribution is -2.46. The van der Waals surface area contributed by atoms with E-state index in [0.29, 0.717) is 12.1 Å². The van der Waals surface area contributed by atoms with Gasteiger partial charge in [0.2, 0.25) is 0 Å². The highest BCUT2D eigenvalue weighted by molar-refractivity contribution is 4.82. The van der Waals surface area contributed by atoms with E-state index in [4.69, 9.17) is 0 Å². The Morgan fingerprint density at radius 2 is 1.86 bits per heavy atom. The molecule has 84 valence electrons. The molecule has 0 aromatic carbocycles. The van der Waals surface area contributed by atoms with Crippen LogP contribution in [0.25, 0.3) is 0 Å². The molecule has 0 amide bonds. The van der Waals surface area contributed by atoms with Crippen molar-refractivity contribution in [2.45, 2.75) is 71.1 Å². The number of rotatable bonds is 4. The molecule has 2 heteroatoms. The third-order valence-electron chi connectivity index (χ3n) is 3.05. The quantitative estimate of drug-likeness (QED) is 0.728. The molecule has 2 N–H and O–H groups in total. The zero-order valence-electron chi connectivity index (χ0n) is 9.79. The van der Waals surface area contributed by atoms with Gasteiger partial charge in [-0.25, -0.2) is 0 Å². The van der Waals surface area contributed by atoms with Crippen LogP contribution in [0.1, 0.15) is 52.9 Å². The van der Waals surface area contributed by atoms with Crippen molar-refractivity contribution in [2.24, 2.45) is 5.92 Å². The van der Waals surface area contributed by atoms with Crippen molar-refractivity contribution in [1.29, 1.82) is 0 Å². The van der Waals surface area contributed by atoms with Crippen molar-refractivity contribution in [1.82, 2.24) is 5.32 Å². The van der Waals surface area contributed by atoms with Gasteiger partial charge in [-0.3, -0.25) is 0 Å². The van der Waals surface area contributed by atoms with Gasteiger partial charge in [-0.05, 0) is 32.1 Å². The molecular weight excluding hydrogens is 174 g/mol. The molecule has 0 unspecified atom stereocenters. The van der Waals surface area contributed by atoms with Gasteiger partial charge in [0.05, 0.1) is 6.10 Å². The van der Waals surface area contributed by atoms with Crippen molar-refractivity contribution in [3.8, 4) is 0 Å². The van der Waals surface area contributed by atoms with Crippen LogP contribution in [0.2, 0.25) is 0 Å². The molecular formula is C12H25NO. The van der Waals surface area contributed by atoms with Crippen molar-refractivity contribution in [3.63, 3.8) is 0 Å². The molecule has 14 heavy (non-hydrogen) atoms. The SMILES string of the molecule is CC(C)C[C@H](C)N[C@@H]1CCCC[C@H]1O. The van der Waals surface area contributed by atoms with Crippen LogP contribution in [0.4, 0.5) is 0 Å². The fraction of sp³-hybridized carbons (Fsp3) is 1.00. The van der Waals surface area contributed by atoms with E-state index in [9.17, 15) is 5.11 Å². The topological polar surface area (TPSA) is 32.3 Å². The predicted molar refractivity (Wildman–Crippen MR) is 60.3 cm³/mol. The van der Waals surface area contributed by atoms with Gasteiger partial charge in [0.25, 0.3) is 0 Å². The molecule has 1 rings (SSSR count). The number of hydrogen-bond acceptors (Lipinski definition) is 2. The first-order valence-electron chi connectivity index (χ1n) is 6.03. The average Bonchev–Trinajstić information content (AvgIpc) is 2.07. The molecule has 2 nitrogen and oxygen atoms in total. The molecule has 1 aliphatic carbocycles. The van der Waals surface area contributed by atoms with E-state index in [2.05, 4.69) is 26.1 Å². The Labute approximate surface area is 88.1 Å². The first kappa shape index (κ1) is 12.0. The summed E-state index contributed by atoms with van der Waals surface area (Å²) in [4.78, 5) is 0. The summed E-state index contributed by atoms with van der Waals surface area (Å²) in [5, 5.41) is 13.3.